The first-order chi connectivity index (χ1) is 10.8. The zero-order valence-corrected chi connectivity index (χ0v) is 13.4. The Kier molecular flexibility index (Phi) is 3.74. The SMILES string of the molecule is CC(NCc1nc2c([nH]1)CCCC2)c1cnc2n1CCCC2. The molecule has 0 aromatic carbocycles. The zero-order valence-electron chi connectivity index (χ0n) is 13.4. The molecule has 3 heterocycles. The fraction of sp³-hybridized carbons (Fsp3) is 0.647. The lowest BCUT2D eigenvalue weighted by Crippen LogP contribution is -2.23. The highest BCUT2D eigenvalue weighted by molar-refractivity contribution is 5.18. The minimum absolute atomic E-state index is 0.307. The fourth-order valence-corrected chi connectivity index (χ4v) is 3.74. The molecule has 0 spiro atoms. The Morgan fingerprint density at radius 1 is 1.23 bits per heavy atom. The van der Waals surface area contributed by atoms with Crippen LogP contribution in [0.25, 0.3) is 0 Å². The second-order valence-corrected chi connectivity index (χ2v) is 6.63. The number of rotatable bonds is 4. The monoisotopic (exact) mass is 299 g/mol. The molecule has 2 N–H and O–H groups in total. The number of fused-ring (bicyclic) bond motifs is 2. The van der Waals surface area contributed by atoms with Gasteiger partial charge in [0.15, 0.2) is 0 Å². The van der Waals surface area contributed by atoms with Crippen molar-refractivity contribution in [1.29, 1.82) is 0 Å². The van der Waals surface area contributed by atoms with Gasteiger partial charge in [0.05, 0.1) is 24.1 Å². The summed E-state index contributed by atoms with van der Waals surface area (Å²) in [5, 5.41) is 3.61. The number of H-pyrrole nitrogens is 1. The minimum atomic E-state index is 0.307. The van der Waals surface area contributed by atoms with E-state index >= 15 is 0 Å². The second kappa shape index (κ2) is 5.88. The molecule has 5 nitrogen and oxygen atoms in total. The van der Waals surface area contributed by atoms with Crippen molar-refractivity contribution in [3.05, 3.63) is 34.9 Å². The molecule has 0 fully saturated rings. The van der Waals surface area contributed by atoms with Gasteiger partial charge >= 0.3 is 0 Å². The van der Waals surface area contributed by atoms with Crippen LogP contribution in [0, 0.1) is 0 Å². The molecule has 118 valence electrons. The number of aromatic nitrogens is 4. The van der Waals surface area contributed by atoms with Crippen LogP contribution in [0.15, 0.2) is 6.20 Å². The van der Waals surface area contributed by atoms with Gasteiger partial charge in [0.25, 0.3) is 0 Å². The average Bonchev–Trinajstić information content (AvgIpc) is 3.16. The van der Waals surface area contributed by atoms with Gasteiger partial charge in [0, 0.05) is 24.7 Å². The van der Waals surface area contributed by atoms with Gasteiger partial charge < -0.3 is 14.9 Å². The number of aryl methyl sites for hydroxylation is 3. The predicted molar refractivity (Wildman–Crippen MR) is 85.6 cm³/mol. The minimum Gasteiger partial charge on any atom is -0.345 e. The van der Waals surface area contributed by atoms with E-state index in [1.165, 1.54) is 48.6 Å². The number of hydrogen-bond donors (Lipinski definition) is 2. The Hall–Kier alpha value is -1.62. The lowest BCUT2D eigenvalue weighted by Gasteiger charge is -2.20. The third-order valence-corrected chi connectivity index (χ3v) is 5.02. The van der Waals surface area contributed by atoms with E-state index in [1.807, 2.05) is 6.20 Å². The largest absolute Gasteiger partial charge is 0.345 e. The summed E-state index contributed by atoms with van der Waals surface area (Å²) in [6, 6.07) is 0.307. The summed E-state index contributed by atoms with van der Waals surface area (Å²) in [5.41, 5.74) is 3.96. The topological polar surface area (TPSA) is 58.5 Å². The molecule has 0 radical (unpaired) electrons. The van der Waals surface area contributed by atoms with Crippen molar-refractivity contribution in [1.82, 2.24) is 24.8 Å². The predicted octanol–water partition coefficient (Wildman–Crippen LogP) is 2.67. The molecular formula is C17H25N5. The molecule has 22 heavy (non-hydrogen) atoms. The molecule has 1 aliphatic heterocycles. The molecule has 0 saturated heterocycles. The molecule has 5 heteroatoms. The van der Waals surface area contributed by atoms with E-state index in [4.69, 9.17) is 4.98 Å². The lowest BCUT2D eigenvalue weighted by molar-refractivity contribution is 0.468. The van der Waals surface area contributed by atoms with Gasteiger partial charge in [-0.1, -0.05) is 0 Å². The summed E-state index contributed by atoms with van der Waals surface area (Å²) in [6.07, 6.45) is 10.6. The van der Waals surface area contributed by atoms with Crippen LogP contribution in [0.1, 0.15) is 67.4 Å². The van der Waals surface area contributed by atoms with Gasteiger partial charge in [-0.3, -0.25) is 0 Å². The van der Waals surface area contributed by atoms with E-state index in [1.54, 1.807) is 0 Å². The van der Waals surface area contributed by atoms with Crippen molar-refractivity contribution < 1.29 is 0 Å². The number of nitrogens with one attached hydrogen (secondary N) is 2. The van der Waals surface area contributed by atoms with Crippen LogP contribution < -0.4 is 5.32 Å². The highest BCUT2D eigenvalue weighted by Crippen LogP contribution is 2.22. The van der Waals surface area contributed by atoms with Crippen LogP contribution in [0.5, 0.6) is 0 Å². The molecule has 1 aliphatic carbocycles. The Morgan fingerprint density at radius 3 is 3.00 bits per heavy atom. The number of imidazole rings is 2. The molecule has 2 aromatic heterocycles. The Balaban J connectivity index is 1.43. The van der Waals surface area contributed by atoms with E-state index in [-0.39, 0.29) is 0 Å². The summed E-state index contributed by atoms with van der Waals surface area (Å²) in [6.45, 7) is 4.14. The van der Waals surface area contributed by atoms with Crippen LogP contribution in [-0.2, 0) is 32.4 Å². The third-order valence-electron chi connectivity index (χ3n) is 5.02. The first-order valence-corrected chi connectivity index (χ1v) is 8.65. The summed E-state index contributed by atoms with van der Waals surface area (Å²) >= 11 is 0. The third kappa shape index (κ3) is 2.58. The Labute approximate surface area is 131 Å². The molecule has 2 aromatic rings. The molecule has 0 amide bonds. The van der Waals surface area contributed by atoms with E-state index in [0.29, 0.717) is 6.04 Å². The smallest absolute Gasteiger partial charge is 0.120 e. The summed E-state index contributed by atoms with van der Waals surface area (Å²) in [7, 11) is 0. The highest BCUT2D eigenvalue weighted by atomic mass is 15.1. The number of nitrogens with zero attached hydrogens (tertiary/aromatic N) is 3. The molecule has 0 bridgehead atoms. The van der Waals surface area contributed by atoms with E-state index in [2.05, 4.69) is 26.8 Å². The summed E-state index contributed by atoms with van der Waals surface area (Å²) < 4.78 is 2.40. The van der Waals surface area contributed by atoms with Crippen molar-refractivity contribution in [3.8, 4) is 0 Å². The maximum absolute atomic E-state index is 4.75. The Morgan fingerprint density at radius 2 is 2.09 bits per heavy atom. The Bertz CT molecular complexity index is 631. The van der Waals surface area contributed by atoms with Crippen LogP contribution >= 0.6 is 0 Å². The molecular weight excluding hydrogens is 274 g/mol. The fourth-order valence-electron chi connectivity index (χ4n) is 3.74. The van der Waals surface area contributed by atoms with Gasteiger partial charge in [0.1, 0.15) is 11.6 Å². The summed E-state index contributed by atoms with van der Waals surface area (Å²) in [5.74, 6) is 2.33. The standard InChI is InChI=1S/C17H25N5/c1-12(15-10-19-17-8-4-5-9-22(15)17)18-11-16-20-13-6-2-3-7-14(13)21-16/h10,12,18H,2-9,11H2,1H3,(H,20,21). The first kappa shape index (κ1) is 14.0. The second-order valence-electron chi connectivity index (χ2n) is 6.63. The number of aromatic amines is 1. The van der Waals surface area contributed by atoms with E-state index in [0.717, 1.165) is 38.2 Å². The maximum atomic E-state index is 4.75. The first-order valence-electron chi connectivity index (χ1n) is 8.65. The zero-order chi connectivity index (χ0) is 14.9. The normalized spacial score (nSPS) is 18.8. The quantitative estimate of drug-likeness (QED) is 0.912. The van der Waals surface area contributed by atoms with Crippen LogP contribution in [0.3, 0.4) is 0 Å². The van der Waals surface area contributed by atoms with Crippen molar-refractivity contribution >= 4 is 0 Å². The van der Waals surface area contributed by atoms with Gasteiger partial charge in [0.2, 0.25) is 0 Å². The summed E-state index contributed by atoms with van der Waals surface area (Å²) in [4.78, 5) is 12.8. The average molecular weight is 299 g/mol. The molecule has 1 atom stereocenters. The molecule has 4 rings (SSSR count). The van der Waals surface area contributed by atoms with Gasteiger partial charge in [-0.25, -0.2) is 9.97 Å². The van der Waals surface area contributed by atoms with Crippen LogP contribution in [-0.4, -0.2) is 19.5 Å². The van der Waals surface area contributed by atoms with Crippen molar-refractivity contribution in [2.75, 3.05) is 0 Å². The van der Waals surface area contributed by atoms with Crippen molar-refractivity contribution in [2.24, 2.45) is 0 Å². The molecule has 0 saturated carbocycles. The van der Waals surface area contributed by atoms with E-state index in [9.17, 15) is 0 Å². The lowest BCUT2D eigenvalue weighted by atomic mass is 10.0. The van der Waals surface area contributed by atoms with Gasteiger partial charge in [-0.15, -0.1) is 0 Å². The maximum Gasteiger partial charge on any atom is 0.120 e. The van der Waals surface area contributed by atoms with E-state index < -0.39 is 0 Å². The van der Waals surface area contributed by atoms with Crippen molar-refractivity contribution in [2.45, 2.75) is 71.0 Å². The van der Waals surface area contributed by atoms with Crippen LogP contribution in [0.4, 0.5) is 0 Å². The number of hydrogen-bond acceptors (Lipinski definition) is 3. The molecule has 2 aliphatic rings. The van der Waals surface area contributed by atoms with Gasteiger partial charge in [-0.2, -0.15) is 0 Å². The highest BCUT2D eigenvalue weighted by Gasteiger charge is 2.19. The van der Waals surface area contributed by atoms with Gasteiger partial charge in [-0.05, 0) is 45.4 Å². The molecule has 1 unspecified atom stereocenters. The van der Waals surface area contributed by atoms with Crippen molar-refractivity contribution in [3.63, 3.8) is 0 Å². The van der Waals surface area contributed by atoms with Crippen LogP contribution in [0.2, 0.25) is 0 Å².